The zero-order valence-electron chi connectivity index (χ0n) is 44.9. The molecule has 13 nitrogen and oxygen atoms in total. The third-order valence-corrected chi connectivity index (χ3v) is 19.8. The van der Waals surface area contributed by atoms with E-state index >= 15 is 0 Å². The summed E-state index contributed by atoms with van der Waals surface area (Å²) in [5.41, 5.74) is 0.281. The molecule has 8 unspecified atom stereocenters. The van der Waals surface area contributed by atoms with E-state index in [4.69, 9.17) is 14.3 Å². The molecule has 15 atom stereocenters. The van der Waals surface area contributed by atoms with Crippen molar-refractivity contribution in [1.82, 2.24) is 30.8 Å². The van der Waals surface area contributed by atoms with Gasteiger partial charge in [-0.2, -0.15) is 5.06 Å². The molecule has 8 aliphatic rings. The summed E-state index contributed by atoms with van der Waals surface area (Å²) in [6.45, 7) is 10.5. The normalized spacial score (nSPS) is 36.4. The van der Waals surface area contributed by atoms with E-state index in [0.717, 1.165) is 76.7 Å². The molecular weight excluding hydrogens is 869 g/mol. The minimum absolute atomic E-state index is 0.0513. The fraction of sp³-hybridized carbons (Fsp3) is 0.946. The van der Waals surface area contributed by atoms with Gasteiger partial charge in [0.05, 0.1) is 18.6 Å². The van der Waals surface area contributed by atoms with E-state index < -0.39 is 30.3 Å². The molecule has 69 heavy (non-hydrogen) atoms. The Labute approximate surface area is 418 Å². The van der Waals surface area contributed by atoms with Crippen LogP contribution in [0.3, 0.4) is 0 Å². The highest BCUT2D eigenvalue weighted by Crippen LogP contribution is 2.61. The summed E-state index contributed by atoms with van der Waals surface area (Å²) in [5.74, 6) is 3.05. The maximum Gasteiger partial charge on any atom is 0.407 e. The van der Waals surface area contributed by atoms with E-state index in [1.165, 1.54) is 77.0 Å². The van der Waals surface area contributed by atoms with Gasteiger partial charge < -0.3 is 40.3 Å². The highest BCUT2D eigenvalue weighted by Gasteiger charge is 2.58. The summed E-state index contributed by atoms with van der Waals surface area (Å²) in [7, 11) is 10.4. The zero-order valence-corrected chi connectivity index (χ0v) is 44.9. The lowest BCUT2D eigenvalue weighted by Crippen LogP contribution is -2.62. The van der Waals surface area contributed by atoms with Crippen molar-refractivity contribution in [3.05, 3.63) is 0 Å². The van der Waals surface area contributed by atoms with Gasteiger partial charge in [-0.3, -0.25) is 14.4 Å². The predicted octanol–water partition coefficient (Wildman–Crippen LogP) is 8.43. The lowest BCUT2D eigenvalue weighted by Gasteiger charge is -2.62. The maximum atomic E-state index is 15.0. The maximum absolute atomic E-state index is 15.0. The Balaban J connectivity index is 1.04. The highest BCUT2D eigenvalue weighted by molar-refractivity contribution is 5.83. The first-order valence-electron chi connectivity index (χ1n) is 28.5. The van der Waals surface area contributed by atoms with Crippen LogP contribution in [0.4, 0.5) is 4.79 Å². The second-order valence-electron chi connectivity index (χ2n) is 25.1. The number of aliphatic hydroxyl groups excluding tert-OH is 1. The molecule has 1 aliphatic heterocycles. The molecule has 8 fully saturated rings. The molecule has 4 N–H and O–H groups in total. The summed E-state index contributed by atoms with van der Waals surface area (Å²) in [4.78, 5) is 54.1. The van der Waals surface area contributed by atoms with Crippen molar-refractivity contribution >= 4 is 17.9 Å². The number of carbonyl (C=O) groups is 3. The number of hydrogen-bond acceptors (Lipinski definition) is 10. The first kappa shape index (κ1) is 54.7. The van der Waals surface area contributed by atoms with Crippen molar-refractivity contribution in [2.75, 3.05) is 61.5 Å². The van der Waals surface area contributed by atoms with Gasteiger partial charge in [-0.25, -0.2) is 4.79 Å². The van der Waals surface area contributed by atoms with Gasteiger partial charge in [-0.05, 0) is 140 Å². The summed E-state index contributed by atoms with van der Waals surface area (Å²) >= 11 is 0. The zero-order chi connectivity index (χ0) is 49.4. The van der Waals surface area contributed by atoms with Crippen LogP contribution in [0.2, 0.25) is 0 Å². The first-order valence-corrected chi connectivity index (χ1v) is 28.5. The molecule has 1 heterocycles. The lowest BCUT2D eigenvalue weighted by molar-refractivity contribution is -0.193. The quantitative estimate of drug-likeness (QED) is 0.0828. The Bertz CT molecular complexity index is 1620. The van der Waals surface area contributed by atoms with E-state index in [0.29, 0.717) is 48.7 Å². The van der Waals surface area contributed by atoms with Gasteiger partial charge in [-0.1, -0.05) is 104 Å². The molecule has 0 aromatic heterocycles. The van der Waals surface area contributed by atoms with Crippen molar-refractivity contribution in [1.29, 1.82) is 0 Å². The number of hydrogen-bond donors (Lipinski definition) is 4. The highest BCUT2D eigenvalue weighted by atomic mass is 16.7. The van der Waals surface area contributed by atoms with Gasteiger partial charge in [0, 0.05) is 56.7 Å². The van der Waals surface area contributed by atoms with Crippen molar-refractivity contribution in [2.24, 2.45) is 64.6 Å². The summed E-state index contributed by atoms with van der Waals surface area (Å²) in [5, 5.41) is 22.9. The molecule has 8 rings (SSSR count). The summed E-state index contributed by atoms with van der Waals surface area (Å²) < 4.78 is 12.7. The van der Waals surface area contributed by atoms with Crippen molar-refractivity contribution < 1.29 is 33.8 Å². The number of nitrogens with zero attached hydrogens (tertiary/aromatic N) is 3. The van der Waals surface area contributed by atoms with Crippen LogP contribution in [0, 0.1) is 64.6 Å². The van der Waals surface area contributed by atoms with Crippen LogP contribution in [-0.2, 0) is 23.9 Å². The van der Waals surface area contributed by atoms with Gasteiger partial charge in [0.1, 0.15) is 18.2 Å². The molecule has 13 heteroatoms. The third kappa shape index (κ3) is 13.8. The molecule has 2 bridgehead atoms. The minimum atomic E-state index is -0.763. The van der Waals surface area contributed by atoms with E-state index in [1.807, 2.05) is 19.1 Å². The smallest absolute Gasteiger partial charge is 0.407 e. The molecule has 0 aromatic rings. The Kier molecular flexibility index (Phi) is 20.0. The predicted molar refractivity (Wildman–Crippen MR) is 273 cm³/mol. The molecule has 7 saturated carbocycles. The summed E-state index contributed by atoms with van der Waals surface area (Å²) in [6, 6.07) is -0.265. The number of ether oxygens (including phenoxy) is 2. The molecule has 0 aromatic carbocycles. The lowest BCUT2D eigenvalue weighted by atomic mass is 9.45. The number of hydroxylamine groups is 2. The van der Waals surface area contributed by atoms with Crippen LogP contribution in [0.25, 0.3) is 0 Å². The largest absolute Gasteiger partial charge is 0.446 e. The van der Waals surface area contributed by atoms with Gasteiger partial charge >= 0.3 is 6.09 Å². The van der Waals surface area contributed by atoms with Gasteiger partial charge in [0.2, 0.25) is 11.8 Å². The van der Waals surface area contributed by atoms with E-state index in [-0.39, 0.29) is 59.8 Å². The average molecular weight is 969 g/mol. The van der Waals surface area contributed by atoms with E-state index in [9.17, 15) is 19.5 Å². The summed E-state index contributed by atoms with van der Waals surface area (Å²) in [6.07, 6.45) is 23.4. The van der Waals surface area contributed by atoms with Crippen molar-refractivity contribution in [3.63, 3.8) is 0 Å². The van der Waals surface area contributed by atoms with Gasteiger partial charge in [0.15, 0.2) is 0 Å². The van der Waals surface area contributed by atoms with Crippen molar-refractivity contribution in [2.45, 2.75) is 211 Å². The second kappa shape index (κ2) is 25.3. The molecule has 3 amide bonds. The van der Waals surface area contributed by atoms with Crippen LogP contribution in [-0.4, -0.2) is 142 Å². The van der Waals surface area contributed by atoms with Crippen LogP contribution < -0.4 is 16.0 Å². The van der Waals surface area contributed by atoms with Crippen molar-refractivity contribution in [3.8, 4) is 0 Å². The molecule has 1 saturated heterocycles. The molecule has 7 aliphatic carbocycles. The Hall–Kier alpha value is -2.03. The number of aliphatic hydroxyl groups is 1. The van der Waals surface area contributed by atoms with E-state index in [1.54, 1.807) is 0 Å². The van der Waals surface area contributed by atoms with Crippen LogP contribution in [0.5, 0.6) is 0 Å². The number of amides is 3. The first-order chi connectivity index (χ1) is 33.1. The monoisotopic (exact) mass is 969 g/mol. The standard InChI is InChI=1S/C56H100N6O7/c1-36-47-31-43(56(47,3)4)32-48(36)59-54(65)51-50(37(2)68-55(66)57-26-17-16-21-38-19-12-10-13-20-38)49(35-63)69-62(51)33-40-24-18-25-46(52(40)67-9)41-28-42(30-45(29-41)61(7)8)53(64)58-44(34-60(5)6)27-39-22-14-11-15-23-39/h36-52,63H,10-35H2,1-9H3,(H,57,66)(H,58,64)(H,59,65)/t36-,37?,40?,41?,42?,43+,44-,45?,46?,47-,48-,49-,50?,51-,52?/m0/s1. The SMILES string of the molecule is COC1C(CN2O[C@@H](CO)C(C(C)OC(=O)NCCCCC3CCCCC3)[C@H]2C(=O)N[C@H]2C[C@H]3C[C@@H]([C@@H]2C)C3(C)C)CCCC1C1CC(C(=O)N[C@@H](CC2CCCCC2)CN(C)C)CC(N(C)C)C1. The number of alkyl carbamates (subject to hydrolysis) is 1. The Morgan fingerprint density at radius 3 is 2.20 bits per heavy atom. The van der Waals surface area contributed by atoms with Gasteiger partial charge in [0.25, 0.3) is 0 Å². The third-order valence-electron chi connectivity index (χ3n) is 19.8. The minimum Gasteiger partial charge on any atom is -0.446 e. The van der Waals surface area contributed by atoms with Crippen LogP contribution in [0.1, 0.15) is 169 Å². The Morgan fingerprint density at radius 1 is 0.855 bits per heavy atom. The molecule has 396 valence electrons. The fourth-order valence-electron chi connectivity index (χ4n) is 15.7. The molecular formula is C56H100N6O7. The number of carbonyl (C=O) groups excluding carboxylic acids is 3. The molecule has 0 spiro atoms. The molecule has 0 radical (unpaired) electrons. The average Bonchev–Trinajstić information content (AvgIpc) is 3.70. The van der Waals surface area contributed by atoms with E-state index in [2.05, 4.69) is 74.7 Å². The number of unbranched alkanes of at least 4 members (excludes halogenated alkanes) is 1. The van der Waals surface area contributed by atoms with Crippen LogP contribution in [0.15, 0.2) is 0 Å². The van der Waals surface area contributed by atoms with Crippen LogP contribution >= 0.6 is 0 Å². The number of methoxy groups -OCH3 is 1. The number of rotatable bonds is 21. The second-order valence-corrected chi connectivity index (χ2v) is 25.1. The van der Waals surface area contributed by atoms with Gasteiger partial charge in [-0.15, -0.1) is 0 Å². The number of likely N-dealkylation sites (N-methyl/N-ethyl adjacent to an activating group) is 1. The topological polar surface area (TPSA) is 145 Å². The number of nitrogens with one attached hydrogen (secondary N) is 3. The Morgan fingerprint density at radius 2 is 1.57 bits per heavy atom. The fourth-order valence-corrected chi connectivity index (χ4v) is 15.7. The number of fused-ring (bicyclic) bond motifs is 2.